The summed E-state index contributed by atoms with van der Waals surface area (Å²) in [4.78, 5) is 32.1. The van der Waals surface area contributed by atoms with E-state index in [4.69, 9.17) is 34.5 Å². The Bertz CT molecular complexity index is 1520. The standard InChI is InChI=1S/C37H57N5O15/c1-3-23-24(11-10-21-16-42(13-15-44)17-25(32(48)49)29(21)41-36(38)40-12-7-14-43)26(33(50)54-22-8-5-4-6-9-22)20-53-34(23)57-35-31(56-28(19-46)39-2)37(51,52)30(47)27(18-45)55-35/h3,10-11,17,20,22-24,27-28,30-31,34-35,39,43-47,51-52H,1,4-9,12-16,18-19H2,2H3,(H,48,49)(H3,38,40,41). The highest BCUT2D eigenvalue weighted by atomic mass is 16.8. The summed E-state index contributed by atoms with van der Waals surface area (Å²) < 4.78 is 29.4. The molecule has 0 amide bonds. The van der Waals surface area contributed by atoms with Crippen LogP contribution in [0, 0.1) is 11.8 Å². The SMILES string of the molecule is C=CC1C(OC2OC(CO)C(O)C(O)(O)C2OC(CO)NC)OC=C(C(=O)OC2CCCCC2)C1C=CC1=C(NC(N)=NCCCO)C(C(=O)O)=CN(CCO)C1. The topological polar surface area (TPSA) is 308 Å². The second kappa shape index (κ2) is 21.7. The van der Waals surface area contributed by atoms with Crippen LogP contribution in [0.25, 0.3) is 0 Å². The van der Waals surface area contributed by atoms with E-state index >= 15 is 0 Å². The van der Waals surface area contributed by atoms with Crippen LogP contribution in [0.5, 0.6) is 0 Å². The minimum absolute atomic E-state index is 0.0500. The lowest BCUT2D eigenvalue weighted by Gasteiger charge is -2.48. The molecule has 0 aromatic carbocycles. The molecule has 0 aromatic heterocycles. The van der Waals surface area contributed by atoms with Crippen LogP contribution in [0.3, 0.4) is 0 Å². The van der Waals surface area contributed by atoms with Crippen molar-refractivity contribution in [2.75, 3.05) is 53.1 Å². The molecule has 0 bridgehead atoms. The third-order valence-electron chi connectivity index (χ3n) is 10.0. The van der Waals surface area contributed by atoms with E-state index in [0.29, 0.717) is 24.8 Å². The predicted octanol–water partition coefficient (Wildman–Crippen LogP) is -2.41. The van der Waals surface area contributed by atoms with Crippen LogP contribution in [-0.2, 0) is 33.3 Å². The van der Waals surface area contributed by atoms with E-state index < -0.39 is 79.9 Å². The van der Waals surface area contributed by atoms with Gasteiger partial charge in [-0.1, -0.05) is 24.6 Å². The Labute approximate surface area is 330 Å². The molecule has 2 fully saturated rings. The third kappa shape index (κ3) is 11.6. The maximum Gasteiger partial charge on any atom is 0.339 e. The van der Waals surface area contributed by atoms with Crippen molar-refractivity contribution >= 4 is 17.9 Å². The van der Waals surface area contributed by atoms with Gasteiger partial charge in [0.15, 0.2) is 18.4 Å². The molecule has 0 radical (unpaired) electrons. The first-order chi connectivity index (χ1) is 27.3. The number of hydrogen-bond acceptors (Lipinski definition) is 17. The van der Waals surface area contributed by atoms with Gasteiger partial charge in [0.2, 0.25) is 12.1 Å². The molecule has 0 aromatic rings. The molecule has 8 atom stereocenters. The van der Waals surface area contributed by atoms with Crippen molar-refractivity contribution in [3.63, 3.8) is 0 Å². The minimum atomic E-state index is -3.07. The van der Waals surface area contributed by atoms with Crippen LogP contribution >= 0.6 is 0 Å². The highest BCUT2D eigenvalue weighted by Gasteiger charge is 2.58. The molecule has 57 heavy (non-hydrogen) atoms. The van der Waals surface area contributed by atoms with Crippen molar-refractivity contribution in [3.8, 4) is 0 Å². The normalized spacial score (nSPS) is 29.0. The number of allylic oxidation sites excluding steroid dienone is 1. The third-order valence-corrected chi connectivity index (χ3v) is 10.0. The van der Waals surface area contributed by atoms with Crippen molar-refractivity contribution in [1.29, 1.82) is 0 Å². The van der Waals surface area contributed by atoms with Crippen molar-refractivity contribution in [2.24, 2.45) is 22.6 Å². The second-order valence-corrected chi connectivity index (χ2v) is 14.0. The number of hydrogen-bond donors (Lipinski definition) is 11. The number of nitrogens with one attached hydrogen (secondary N) is 2. The Morgan fingerprint density at radius 2 is 1.89 bits per heavy atom. The van der Waals surface area contributed by atoms with Gasteiger partial charge in [-0.25, -0.2) is 9.59 Å². The van der Waals surface area contributed by atoms with Gasteiger partial charge in [-0.2, -0.15) is 0 Å². The quantitative estimate of drug-likeness (QED) is 0.0162. The van der Waals surface area contributed by atoms with Gasteiger partial charge in [-0.3, -0.25) is 10.3 Å². The van der Waals surface area contributed by atoms with Crippen LogP contribution in [0.15, 0.2) is 64.7 Å². The number of esters is 1. The number of likely N-dealkylation sites (N-methyl/N-ethyl adjacent to an activating group) is 1. The molecule has 1 aliphatic carbocycles. The Morgan fingerprint density at radius 1 is 1.16 bits per heavy atom. The lowest BCUT2D eigenvalue weighted by Crippen LogP contribution is -2.69. The molecule has 20 nitrogen and oxygen atoms in total. The Kier molecular flexibility index (Phi) is 17.4. The molecule has 12 N–H and O–H groups in total. The van der Waals surface area contributed by atoms with Crippen LogP contribution in [-0.4, -0.2) is 166 Å². The lowest BCUT2D eigenvalue weighted by molar-refractivity contribution is -0.416. The molecule has 4 aliphatic rings. The summed E-state index contributed by atoms with van der Waals surface area (Å²) in [5.74, 6) is -7.11. The van der Waals surface area contributed by atoms with Gasteiger partial charge in [0.25, 0.3) is 0 Å². The fraction of sp³-hybridized carbons (Fsp3) is 0.649. The number of aliphatic imine (C=N–C) groups is 1. The van der Waals surface area contributed by atoms with Crippen LogP contribution in [0.1, 0.15) is 38.5 Å². The minimum Gasteiger partial charge on any atom is -0.478 e. The number of rotatable bonds is 19. The fourth-order valence-electron chi connectivity index (χ4n) is 6.91. The number of carbonyl (C=O) groups excluding carboxylic acids is 1. The van der Waals surface area contributed by atoms with Crippen LogP contribution in [0.4, 0.5) is 0 Å². The largest absolute Gasteiger partial charge is 0.478 e. The predicted molar refractivity (Wildman–Crippen MR) is 200 cm³/mol. The Hall–Kier alpha value is -3.93. The second-order valence-electron chi connectivity index (χ2n) is 14.0. The number of carbonyl (C=O) groups is 2. The average molecular weight is 812 g/mol. The van der Waals surface area contributed by atoms with Crippen molar-refractivity contribution in [2.45, 2.75) is 87.5 Å². The van der Waals surface area contributed by atoms with E-state index in [1.54, 1.807) is 17.1 Å². The van der Waals surface area contributed by atoms with Crippen LogP contribution < -0.4 is 16.4 Å². The first kappa shape index (κ1) is 45.8. The van der Waals surface area contributed by atoms with Gasteiger partial charge in [0.05, 0.1) is 48.8 Å². The van der Waals surface area contributed by atoms with E-state index in [-0.39, 0.29) is 61.8 Å². The van der Waals surface area contributed by atoms with E-state index in [2.05, 4.69) is 22.2 Å². The maximum atomic E-state index is 13.9. The number of nitrogens with two attached hydrogens (primary N) is 1. The smallest absolute Gasteiger partial charge is 0.339 e. The Morgan fingerprint density at radius 3 is 2.51 bits per heavy atom. The number of carboxylic acids is 1. The molecular formula is C37H57N5O15. The summed E-state index contributed by atoms with van der Waals surface area (Å²) >= 11 is 0. The van der Waals surface area contributed by atoms with Gasteiger partial charge >= 0.3 is 11.9 Å². The highest BCUT2D eigenvalue weighted by molar-refractivity contribution is 5.95. The summed E-state index contributed by atoms with van der Waals surface area (Å²) in [7, 11) is 1.43. The zero-order valence-corrected chi connectivity index (χ0v) is 31.9. The number of carboxylic acid groups (broad SMARTS) is 1. The summed E-state index contributed by atoms with van der Waals surface area (Å²) in [5.41, 5.74) is 6.41. The summed E-state index contributed by atoms with van der Waals surface area (Å²) in [5, 5.41) is 87.0. The number of aliphatic hydroxyl groups is 7. The summed E-state index contributed by atoms with van der Waals surface area (Å²) in [6, 6.07) is 0. The number of β-amino-alcohol motifs (C(OH)–C–C–N with tert-alkyl or cyclic N) is 1. The van der Waals surface area contributed by atoms with Crippen LogP contribution in [0.2, 0.25) is 0 Å². The van der Waals surface area contributed by atoms with Crippen molar-refractivity contribution < 1.29 is 74.1 Å². The summed E-state index contributed by atoms with van der Waals surface area (Å²) in [6.45, 7) is 2.37. The van der Waals surface area contributed by atoms with Gasteiger partial charge in [-0.05, 0) is 44.7 Å². The van der Waals surface area contributed by atoms with Gasteiger partial charge < -0.3 is 80.5 Å². The summed E-state index contributed by atoms with van der Waals surface area (Å²) in [6.07, 6.45) is 1.33. The molecule has 0 spiro atoms. The molecule has 320 valence electrons. The molecule has 4 rings (SSSR count). The van der Waals surface area contributed by atoms with E-state index in [9.17, 15) is 45.3 Å². The monoisotopic (exact) mass is 811 g/mol. The number of aliphatic carboxylic acids is 1. The number of guanidine groups is 1. The molecule has 3 aliphatic heterocycles. The number of nitrogens with zero attached hydrogens (tertiary/aromatic N) is 2. The number of ether oxygens (including phenoxy) is 5. The van der Waals surface area contributed by atoms with Crippen molar-refractivity contribution in [3.05, 3.63) is 59.7 Å². The molecule has 1 saturated carbocycles. The van der Waals surface area contributed by atoms with Gasteiger partial charge in [-0.15, -0.1) is 6.58 Å². The molecule has 20 heteroatoms. The first-order valence-electron chi connectivity index (χ1n) is 18.9. The zero-order chi connectivity index (χ0) is 41.7. The number of aliphatic hydroxyl groups excluding tert-OH is 5. The van der Waals surface area contributed by atoms with E-state index in [1.165, 1.54) is 19.3 Å². The van der Waals surface area contributed by atoms with Crippen molar-refractivity contribution in [1.82, 2.24) is 15.5 Å². The molecule has 8 unspecified atom stereocenters. The molecule has 1 saturated heterocycles. The first-order valence-corrected chi connectivity index (χ1v) is 18.9. The highest BCUT2D eigenvalue weighted by Crippen LogP contribution is 2.39. The maximum absolute atomic E-state index is 13.9. The van der Waals surface area contributed by atoms with E-state index in [1.807, 2.05) is 0 Å². The molecular weight excluding hydrogens is 754 g/mol. The zero-order valence-electron chi connectivity index (χ0n) is 31.9. The Balaban J connectivity index is 1.78. The molecule has 3 heterocycles. The fourth-order valence-corrected chi connectivity index (χ4v) is 6.91. The lowest BCUT2D eigenvalue weighted by atomic mass is 9.83. The average Bonchev–Trinajstić information content (AvgIpc) is 3.19. The van der Waals surface area contributed by atoms with Gasteiger partial charge in [0, 0.05) is 38.4 Å². The van der Waals surface area contributed by atoms with E-state index in [0.717, 1.165) is 25.5 Å². The van der Waals surface area contributed by atoms with Gasteiger partial charge in [0.1, 0.15) is 24.5 Å².